The van der Waals surface area contributed by atoms with Crippen molar-refractivity contribution in [1.29, 1.82) is 0 Å². The molecule has 0 aliphatic heterocycles. The first-order valence-electron chi connectivity index (χ1n) is 6.48. The van der Waals surface area contributed by atoms with Gasteiger partial charge in [-0.05, 0) is 29.3 Å². The monoisotopic (exact) mass is 282 g/mol. The van der Waals surface area contributed by atoms with Crippen molar-refractivity contribution in [3.63, 3.8) is 0 Å². The van der Waals surface area contributed by atoms with Gasteiger partial charge in [0.05, 0.1) is 14.2 Å². The molecular formula is C17H14O4. The van der Waals surface area contributed by atoms with Crippen LogP contribution in [0.2, 0.25) is 0 Å². The second kappa shape index (κ2) is 5.32. The Kier molecular flexibility index (Phi) is 3.36. The highest BCUT2D eigenvalue weighted by Crippen LogP contribution is 2.34. The van der Waals surface area contributed by atoms with E-state index in [2.05, 4.69) is 0 Å². The number of hydrogen-bond acceptors (Lipinski definition) is 4. The van der Waals surface area contributed by atoms with Gasteiger partial charge in [-0.25, -0.2) is 4.79 Å². The van der Waals surface area contributed by atoms with Crippen molar-refractivity contribution in [3.05, 3.63) is 59.0 Å². The van der Waals surface area contributed by atoms with Gasteiger partial charge in [-0.2, -0.15) is 0 Å². The first kappa shape index (κ1) is 13.2. The van der Waals surface area contributed by atoms with Crippen LogP contribution in [-0.2, 0) is 0 Å². The van der Waals surface area contributed by atoms with Crippen molar-refractivity contribution in [1.82, 2.24) is 0 Å². The van der Waals surface area contributed by atoms with Crippen LogP contribution in [0.4, 0.5) is 0 Å². The summed E-state index contributed by atoms with van der Waals surface area (Å²) >= 11 is 0. The summed E-state index contributed by atoms with van der Waals surface area (Å²) in [7, 11) is 3.17. The van der Waals surface area contributed by atoms with E-state index in [1.807, 2.05) is 36.4 Å². The number of hydrogen-bond donors (Lipinski definition) is 0. The van der Waals surface area contributed by atoms with E-state index in [9.17, 15) is 4.79 Å². The largest absolute Gasteiger partial charge is 0.493 e. The van der Waals surface area contributed by atoms with Crippen molar-refractivity contribution < 1.29 is 13.9 Å². The van der Waals surface area contributed by atoms with Crippen molar-refractivity contribution in [2.75, 3.05) is 14.2 Å². The Hall–Kier alpha value is -2.75. The molecule has 0 unspecified atom stereocenters. The van der Waals surface area contributed by atoms with Gasteiger partial charge in [0.2, 0.25) is 0 Å². The Bertz CT molecular complexity index is 849. The normalized spacial score (nSPS) is 10.6. The number of para-hydroxylation sites is 1. The average Bonchev–Trinajstić information content (AvgIpc) is 2.53. The first-order chi connectivity index (χ1) is 10.2. The smallest absolute Gasteiger partial charge is 0.336 e. The summed E-state index contributed by atoms with van der Waals surface area (Å²) in [5.41, 5.74) is 1.87. The Morgan fingerprint density at radius 3 is 2.43 bits per heavy atom. The molecule has 106 valence electrons. The van der Waals surface area contributed by atoms with E-state index in [0.717, 1.165) is 16.5 Å². The number of rotatable bonds is 3. The molecule has 3 rings (SSSR count). The minimum Gasteiger partial charge on any atom is -0.493 e. The van der Waals surface area contributed by atoms with Crippen LogP contribution in [0.1, 0.15) is 0 Å². The lowest BCUT2D eigenvalue weighted by atomic mass is 10.0. The summed E-state index contributed by atoms with van der Waals surface area (Å²) in [6.45, 7) is 0. The topological polar surface area (TPSA) is 48.7 Å². The van der Waals surface area contributed by atoms with E-state index < -0.39 is 0 Å². The highest BCUT2D eigenvalue weighted by molar-refractivity contribution is 5.93. The van der Waals surface area contributed by atoms with Crippen LogP contribution in [-0.4, -0.2) is 14.2 Å². The van der Waals surface area contributed by atoms with E-state index in [-0.39, 0.29) is 5.63 Å². The number of ether oxygens (including phenoxy) is 2. The minimum absolute atomic E-state index is 0.376. The van der Waals surface area contributed by atoms with Gasteiger partial charge in [0.15, 0.2) is 11.5 Å². The first-order valence-corrected chi connectivity index (χ1v) is 6.48. The second-order valence-corrected chi connectivity index (χ2v) is 4.55. The van der Waals surface area contributed by atoms with E-state index in [1.54, 1.807) is 20.3 Å². The van der Waals surface area contributed by atoms with Crippen molar-refractivity contribution in [3.8, 4) is 22.6 Å². The predicted molar refractivity (Wildman–Crippen MR) is 81.0 cm³/mol. The summed E-state index contributed by atoms with van der Waals surface area (Å²) in [6.07, 6.45) is 0. The lowest BCUT2D eigenvalue weighted by Gasteiger charge is -2.10. The third-order valence-corrected chi connectivity index (χ3v) is 3.34. The van der Waals surface area contributed by atoms with Gasteiger partial charge < -0.3 is 13.9 Å². The van der Waals surface area contributed by atoms with Crippen LogP contribution in [0.25, 0.3) is 22.1 Å². The quantitative estimate of drug-likeness (QED) is 0.690. The second-order valence-electron chi connectivity index (χ2n) is 4.55. The molecule has 0 spiro atoms. The highest BCUT2D eigenvalue weighted by atomic mass is 16.5. The molecule has 0 fully saturated rings. The maximum absolute atomic E-state index is 11.7. The van der Waals surface area contributed by atoms with Gasteiger partial charge in [-0.3, -0.25) is 0 Å². The molecule has 4 heteroatoms. The minimum atomic E-state index is -0.376. The fraction of sp³-hybridized carbons (Fsp3) is 0.118. The number of fused-ring (bicyclic) bond motifs is 1. The summed E-state index contributed by atoms with van der Waals surface area (Å²) < 4.78 is 15.8. The lowest BCUT2D eigenvalue weighted by molar-refractivity contribution is 0.355. The molecule has 1 aromatic heterocycles. The molecule has 0 aliphatic rings. The Morgan fingerprint density at radius 2 is 1.67 bits per heavy atom. The zero-order valence-electron chi connectivity index (χ0n) is 11.8. The maximum atomic E-state index is 11.7. The third-order valence-electron chi connectivity index (χ3n) is 3.34. The number of benzene rings is 2. The van der Waals surface area contributed by atoms with Gasteiger partial charge in [0.1, 0.15) is 5.58 Å². The number of methoxy groups -OCH3 is 2. The van der Waals surface area contributed by atoms with Crippen molar-refractivity contribution in [2.45, 2.75) is 0 Å². The fourth-order valence-electron chi connectivity index (χ4n) is 2.35. The molecule has 0 saturated carbocycles. The molecule has 0 bridgehead atoms. The third kappa shape index (κ3) is 2.36. The van der Waals surface area contributed by atoms with Crippen LogP contribution < -0.4 is 15.1 Å². The lowest BCUT2D eigenvalue weighted by Crippen LogP contribution is -1.98. The SMILES string of the molecule is COc1ccc(-c2cc(=O)oc3ccccc23)cc1OC. The molecule has 2 aromatic carbocycles. The van der Waals surface area contributed by atoms with Crippen LogP contribution in [0, 0.1) is 0 Å². The summed E-state index contributed by atoms with van der Waals surface area (Å²) in [5.74, 6) is 1.26. The molecule has 0 radical (unpaired) electrons. The molecule has 21 heavy (non-hydrogen) atoms. The Labute approximate surface area is 121 Å². The maximum Gasteiger partial charge on any atom is 0.336 e. The zero-order valence-corrected chi connectivity index (χ0v) is 11.8. The van der Waals surface area contributed by atoms with Gasteiger partial charge >= 0.3 is 5.63 Å². The predicted octanol–water partition coefficient (Wildman–Crippen LogP) is 3.48. The summed E-state index contributed by atoms with van der Waals surface area (Å²) in [5, 5.41) is 0.879. The molecule has 0 N–H and O–H groups in total. The van der Waals surface area contributed by atoms with E-state index in [4.69, 9.17) is 13.9 Å². The van der Waals surface area contributed by atoms with Gasteiger partial charge in [0, 0.05) is 11.5 Å². The molecule has 0 aliphatic carbocycles. The molecule has 1 heterocycles. The zero-order chi connectivity index (χ0) is 14.8. The van der Waals surface area contributed by atoms with Crippen LogP contribution >= 0.6 is 0 Å². The average molecular weight is 282 g/mol. The molecule has 0 saturated heterocycles. The molecular weight excluding hydrogens is 268 g/mol. The highest BCUT2D eigenvalue weighted by Gasteiger charge is 2.10. The molecule has 0 amide bonds. The van der Waals surface area contributed by atoms with E-state index in [0.29, 0.717) is 17.1 Å². The van der Waals surface area contributed by atoms with Crippen LogP contribution in [0.3, 0.4) is 0 Å². The van der Waals surface area contributed by atoms with Crippen molar-refractivity contribution in [2.24, 2.45) is 0 Å². The molecule has 0 atom stereocenters. The fourth-order valence-corrected chi connectivity index (χ4v) is 2.35. The standard InChI is InChI=1S/C17H14O4/c1-19-15-8-7-11(9-16(15)20-2)13-10-17(18)21-14-6-4-3-5-12(13)14/h3-10H,1-2H3. The Morgan fingerprint density at radius 1 is 0.905 bits per heavy atom. The van der Waals surface area contributed by atoms with Gasteiger partial charge in [0.25, 0.3) is 0 Å². The Balaban J connectivity index is 2.27. The van der Waals surface area contributed by atoms with E-state index in [1.165, 1.54) is 6.07 Å². The van der Waals surface area contributed by atoms with Crippen molar-refractivity contribution >= 4 is 11.0 Å². The van der Waals surface area contributed by atoms with Crippen LogP contribution in [0.15, 0.2) is 57.7 Å². The van der Waals surface area contributed by atoms with E-state index >= 15 is 0 Å². The summed E-state index contributed by atoms with van der Waals surface area (Å²) in [6, 6.07) is 14.5. The van der Waals surface area contributed by atoms with Gasteiger partial charge in [-0.15, -0.1) is 0 Å². The van der Waals surface area contributed by atoms with Crippen LogP contribution in [0.5, 0.6) is 11.5 Å². The molecule has 3 aromatic rings. The van der Waals surface area contributed by atoms with Gasteiger partial charge in [-0.1, -0.05) is 24.3 Å². The summed E-state index contributed by atoms with van der Waals surface area (Å²) in [4.78, 5) is 11.7. The molecule has 4 nitrogen and oxygen atoms in total.